The fourth-order valence-electron chi connectivity index (χ4n) is 4.05. The molecule has 4 aromatic carbocycles. The van der Waals surface area contributed by atoms with E-state index in [1.54, 1.807) is 60.7 Å². The molecular formula is C30H34N2O6S2. The van der Waals surface area contributed by atoms with Gasteiger partial charge in [-0.1, -0.05) is 51.0 Å². The first kappa shape index (κ1) is 29.2. The van der Waals surface area contributed by atoms with Crippen LogP contribution in [-0.4, -0.2) is 30.0 Å². The van der Waals surface area contributed by atoms with Gasteiger partial charge in [-0.3, -0.25) is 9.44 Å². The molecule has 0 unspecified atom stereocenters. The summed E-state index contributed by atoms with van der Waals surface area (Å²) in [4.78, 5) is -0.0576. The van der Waals surface area contributed by atoms with Crippen LogP contribution < -0.4 is 18.9 Å². The molecule has 0 fully saturated rings. The van der Waals surface area contributed by atoms with Gasteiger partial charge in [0.2, 0.25) is 0 Å². The van der Waals surface area contributed by atoms with E-state index in [4.69, 9.17) is 9.47 Å². The van der Waals surface area contributed by atoms with Crippen molar-refractivity contribution in [2.45, 2.75) is 49.3 Å². The summed E-state index contributed by atoms with van der Waals surface area (Å²) in [6, 6.07) is 22.5. The van der Waals surface area contributed by atoms with Crippen LogP contribution in [0.1, 0.15) is 39.5 Å². The minimum Gasteiger partial charge on any atom is -0.494 e. The van der Waals surface area contributed by atoms with Crippen molar-refractivity contribution in [3.8, 4) is 11.5 Å². The monoisotopic (exact) mass is 582 g/mol. The zero-order chi connectivity index (χ0) is 28.6. The second-order valence-electron chi connectivity index (χ2n) is 9.27. The molecule has 2 N–H and O–H groups in total. The third-order valence-electron chi connectivity index (χ3n) is 6.17. The number of hydrogen-bond donors (Lipinski definition) is 2. The number of rotatable bonds is 14. The van der Waals surface area contributed by atoms with Gasteiger partial charge in [-0.2, -0.15) is 0 Å². The lowest BCUT2D eigenvalue weighted by Gasteiger charge is -2.14. The van der Waals surface area contributed by atoms with Gasteiger partial charge in [0.1, 0.15) is 11.5 Å². The molecule has 0 aromatic heterocycles. The highest BCUT2D eigenvalue weighted by Crippen LogP contribution is 2.31. The fourth-order valence-corrected chi connectivity index (χ4v) is 6.61. The highest BCUT2D eigenvalue weighted by molar-refractivity contribution is 7.93. The zero-order valence-electron chi connectivity index (χ0n) is 22.6. The van der Waals surface area contributed by atoms with Gasteiger partial charge in [0, 0.05) is 22.1 Å². The Kier molecular flexibility index (Phi) is 9.54. The number of anilines is 2. The first-order valence-electron chi connectivity index (χ1n) is 13.3. The highest BCUT2D eigenvalue weighted by atomic mass is 32.2. The molecule has 0 radical (unpaired) electrons. The molecule has 0 aliphatic carbocycles. The summed E-state index contributed by atoms with van der Waals surface area (Å²) in [6.45, 7) is 5.34. The van der Waals surface area contributed by atoms with E-state index in [0.29, 0.717) is 36.1 Å². The van der Waals surface area contributed by atoms with Crippen molar-refractivity contribution in [2.24, 2.45) is 0 Å². The molecule has 0 amide bonds. The van der Waals surface area contributed by atoms with E-state index in [-0.39, 0.29) is 20.6 Å². The molecule has 8 nitrogen and oxygen atoms in total. The molecule has 40 heavy (non-hydrogen) atoms. The van der Waals surface area contributed by atoms with Crippen LogP contribution >= 0.6 is 0 Å². The van der Waals surface area contributed by atoms with E-state index >= 15 is 0 Å². The predicted molar refractivity (Wildman–Crippen MR) is 159 cm³/mol. The summed E-state index contributed by atoms with van der Waals surface area (Å²) < 4.78 is 69.9. The summed E-state index contributed by atoms with van der Waals surface area (Å²) >= 11 is 0. The second-order valence-corrected chi connectivity index (χ2v) is 12.6. The summed E-state index contributed by atoms with van der Waals surface area (Å²) in [5.41, 5.74) is 0.736. The minimum atomic E-state index is -4.03. The number of benzene rings is 4. The van der Waals surface area contributed by atoms with Crippen molar-refractivity contribution in [1.82, 2.24) is 0 Å². The molecule has 10 heteroatoms. The SMILES string of the molecule is CCCCOc1ccc(NS(=O)(=O)c2cccc3c(S(=O)(=O)Nc4ccc(OCCCC)cc4)cccc23)cc1. The Morgan fingerprint density at radius 2 is 0.925 bits per heavy atom. The average molecular weight is 583 g/mol. The van der Waals surface area contributed by atoms with Crippen LogP contribution in [-0.2, 0) is 20.0 Å². The van der Waals surface area contributed by atoms with E-state index in [1.807, 2.05) is 0 Å². The lowest BCUT2D eigenvalue weighted by molar-refractivity contribution is 0.309. The maximum atomic E-state index is 13.4. The van der Waals surface area contributed by atoms with Gasteiger partial charge in [0.25, 0.3) is 20.0 Å². The number of hydrogen-bond acceptors (Lipinski definition) is 6. The van der Waals surface area contributed by atoms with Crippen molar-refractivity contribution in [2.75, 3.05) is 22.7 Å². The number of nitrogens with one attached hydrogen (secondary N) is 2. The summed E-state index contributed by atoms with van der Waals surface area (Å²) in [7, 11) is -8.06. The zero-order valence-corrected chi connectivity index (χ0v) is 24.2. The Morgan fingerprint density at radius 3 is 1.27 bits per heavy atom. The van der Waals surface area contributed by atoms with Crippen LogP contribution in [0.2, 0.25) is 0 Å². The Morgan fingerprint density at radius 1 is 0.550 bits per heavy atom. The van der Waals surface area contributed by atoms with Gasteiger partial charge >= 0.3 is 0 Å². The largest absolute Gasteiger partial charge is 0.494 e. The number of fused-ring (bicyclic) bond motifs is 1. The van der Waals surface area contributed by atoms with Gasteiger partial charge in [-0.05, 0) is 73.5 Å². The summed E-state index contributed by atoms with van der Waals surface area (Å²) in [6.07, 6.45) is 3.90. The van der Waals surface area contributed by atoms with Gasteiger partial charge < -0.3 is 9.47 Å². The molecular weight excluding hydrogens is 548 g/mol. The molecule has 0 saturated heterocycles. The summed E-state index contributed by atoms with van der Waals surface area (Å²) in [5.74, 6) is 1.31. The van der Waals surface area contributed by atoms with E-state index in [0.717, 1.165) is 25.7 Å². The van der Waals surface area contributed by atoms with Crippen molar-refractivity contribution < 1.29 is 26.3 Å². The van der Waals surface area contributed by atoms with Crippen LogP contribution in [0.15, 0.2) is 94.7 Å². The quantitative estimate of drug-likeness (QED) is 0.158. The van der Waals surface area contributed by atoms with E-state index in [1.165, 1.54) is 24.3 Å². The number of unbranched alkanes of at least 4 members (excludes halogenated alkanes) is 2. The fraction of sp³-hybridized carbons (Fsp3) is 0.267. The van der Waals surface area contributed by atoms with Gasteiger partial charge in [0.15, 0.2) is 0 Å². The molecule has 0 spiro atoms. The predicted octanol–water partition coefficient (Wildman–Crippen LogP) is 6.80. The second kappa shape index (κ2) is 13.1. The maximum Gasteiger partial charge on any atom is 0.262 e. The molecule has 0 aliphatic heterocycles. The smallest absolute Gasteiger partial charge is 0.262 e. The third kappa shape index (κ3) is 7.25. The van der Waals surface area contributed by atoms with Crippen LogP contribution in [0.25, 0.3) is 10.8 Å². The van der Waals surface area contributed by atoms with E-state index in [9.17, 15) is 16.8 Å². The molecule has 0 bridgehead atoms. The van der Waals surface area contributed by atoms with Gasteiger partial charge in [0.05, 0.1) is 23.0 Å². The third-order valence-corrected chi connectivity index (χ3v) is 9.05. The van der Waals surface area contributed by atoms with Crippen LogP contribution in [0.4, 0.5) is 11.4 Å². The average Bonchev–Trinajstić information content (AvgIpc) is 2.94. The van der Waals surface area contributed by atoms with Crippen LogP contribution in [0.3, 0.4) is 0 Å². The molecule has 0 aliphatic rings. The normalized spacial score (nSPS) is 11.8. The maximum absolute atomic E-state index is 13.4. The Balaban J connectivity index is 1.57. The van der Waals surface area contributed by atoms with Crippen molar-refractivity contribution in [3.05, 3.63) is 84.9 Å². The standard InChI is InChI=1S/C30H34N2O6S2/c1-3-5-21-37-25-17-13-23(14-18-25)31-39(33,34)29-11-7-10-28-27(29)9-8-12-30(28)40(35,36)32-24-15-19-26(20-16-24)38-22-6-4-2/h7-20,31-32H,3-6,21-22H2,1-2H3. The number of ether oxygens (including phenoxy) is 2. The first-order valence-corrected chi connectivity index (χ1v) is 16.2. The lowest BCUT2D eigenvalue weighted by Crippen LogP contribution is -2.15. The van der Waals surface area contributed by atoms with Crippen molar-refractivity contribution in [3.63, 3.8) is 0 Å². The van der Waals surface area contributed by atoms with E-state index < -0.39 is 20.0 Å². The van der Waals surface area contributed by atoms with Crippen molar-refractivity contribution >= 4 is 42.2 Å². The molecule has 4 rings (SSSR count). The Hall–Kier alpha value is -3.76. The minimum absolute atomic E-state index is 0.0288. The van der Waals surface area contributed by atoms with Crippen molar-refractivity contribution in [1.29, 1.82) is 0 Å². The van der Waals surface area contributed by atoms with Gasteiger partial charge in [-0.25, -0.2) is 16.8 Å². The topological polar surface area (TPSA) is 111 Å². The molecule has 4 aromatic rings. The molecule has 212 valence electrons. The summed E-state index contributed by atoms with van der Waals surface area (Å²) in [5, 5.41) is 0.578. The first-order chi connectivity index (χ1) is 19.2. The molecule has 0 heterocycles. The van der Waals surface area contributed by atoms with E-state index in [2.05, 4.69) is 23.3 Å². The Bertz CT molecular complexity index is 1510. The number of sulfonamides is 2. The Labute approximate surface area is 236 Å². The molecule has 0 atom stereocenters. The van der Waals surface area contributed by atoms with Crippen LogP contribution in [0.5, 0.6) is 11.5 Å². The van der Waals surface area contributed by atoms with Crippen LogP contribution in [0, 0.1) is 0 Å². The lowest BCUT2D eigenvalue weighted by atomic mass is 10.1. The van der Waals surface area contributed by atoms with Gasteiger partial charge in [-0.15, -0.1) is 0 Å². The molecule has 0 saturated carbocycles. The highest BCUT2D eigenvalue weighted by Gasteiger charge is 2.23.